The van der Waals surface area contributed by atoms with Crippen molar-refractivity contribution < 1.29 is 0 Å². The first-order valence-electron chi connectivity index (χ1n) is 4.41. The van der Waals surface area contributed by atoms with Gasteiger partial charge in [0.05, 0.1) is 11.2 Å². The molecule has 71 valence electrons. The van der Waals surface area contributed by atoms with Gasteiger partial charge in [0.2, 0.25) is 0 Å². The molecule has 0 unspecified atom stereocenters. The standard InChI is InChI=1S/C11H11N2S/c12-6-5-9-1-3-10(4-2-9)11-7-14-8-13-11/h1-4,6-8H,5,12H2. The van der Waals surface area contributed by atoms with E-state index in [0.717, 1.165) is 17.7 Å². The number of nitrogens with two attached hydrogens (primary N) is 1. The molecule has 0 aliphatic rings. The lowest BCUT2D eigenvalue weighted by molar-refractivity contribution is 1.11. The number of thiazole rings is 1. The maximum Gasteiger partial charge on any atom is 0.0811 e. The molecule has 2 rings (SSSR count). The molecule has 0 atom stereocenters. The van der Waals surface area contributed by atoms with Crippen LogP contribution in [-0.4, -0.2) is 4.98 Å². The topological polar surface area (TPSA) is 38.9 Å². The molecule has 2 N–H and O–H groups in total. The van der Waals surface area contributed by atoms with E-state index in [1.54, 1.807) is 17.9 Å². The van der Waals surface area contributed by atoms with E-state index in [4.69, 9.17) is 5.73 Å². The average Bonchev–Trinajstić information content (AvgIpc) is 2.72. The van der Waals surface area contributed by atoms with Gasteiger partial charge in [-0.15, -0.1) is 11.3 Å². The van der Waals surface area contributed by atoms with Crippen molar-refractivity contribution in [1.29, 1.82) is 0 Å². The van der Waals surface area contributed by atoms with Gasteiger partial charge in [0, 0.05) is 17.5 Å². The molecular formula is C11H11N2S. The Hall–Kier alpha value is -1.19. The van der Waals surface area contributed by atoms with Crippen molar-refractivity contribution >= 4 is 11.3 Å². The number of nitrogens with zero attached hydrogens (tertiary/aromatic N) is 1. The molecule has 1 aromatic carbocycles. The first-order chi connectivity index (χ1) is 6.90. The smallest absolute Gasteiger partial charge is 0.0811 e. The highest BCUT2D eigenvalue weighted by Gasteiger charge is 1.98. The monoisotopic (exact) mass is 203 g/mol. The first-order valence-corrected chi connectivity index (χ1v) is 5.35. The van der Waals surface area contributed by atoms with Crippen molar-refractivity contribution in [2.24, 2.45) is 5.73 Å². The Balaban J connectivity index is 2.22. The Morgan fingerprint density at radius 2 is 2.07 bits per heavy atom. The second-order valence-corrected chi connectivity index (χ2v) is 3.73. The predicted molar refractivity (Wildman–Crippen MR) is 59.7 cm³/mol. The van der Waals surface area contributed by atoms with Crippen LogP contribution in [0.15, 0.2) is 35.2 Å². The predicted octanol–water partition coefficient (Wildman–Crippen LogP) is 2.47. The third-order valence-electron chi connectivity index (χ3n) is 2.04. The minimum atomic E-state index is 0.817. The van der Waals surface area contributed by atoms with E-state index in [9.17, 15) is 0 Å². The number of benzene rings is 1. The van der Waals surface area contributed by atoms with Gasteiger partial charge in [-0.05, 0) is 12.0 Å². The molecule has 0 saturated carbocycles. The third kappa shape index (κ3) is 2.00. The molecule has 2 aromatic rings. The maximum atomic E-state index is 5.36. The van der Waals surface area contributed by atoms with E-state index in [1.165, 1.54) is 5.56 Å². The zero-order valence-corrected chi connectivity index (χ0v) is 8.50. The molecule has 1 heterocycles. The molecule has 3 heteroatoms. The molecule has 14 heavy (non-hydrogen) atoms. The highest BCUT2D eigenvalue weighted by Crippen LogP contribution is 2.19. The van der Waals surface area contributed by atoms with Crippen molar-refractivity contribution in [2.75, 3.05) is 0 Å². The maximum absolute atomic E-state index is 5.36. The molecule has 2 nitrogen and oxygen atoms in total. The summed E-state index contributed by atoms with van der Waals surface area (Å²) in [5, 5.41) is 2.05. The normalized spacial score (nSPS) is 10.4. The van der Waals surface area contributed by atoms with Crippen molar-refractivity contribution in [2.45, 2.75) is 6.42 Å². The van der Waals surface area contributed by atoms with E-state index < -0.39 is 0 Å². The van der Waals surface area contributed by atoms with Crippen LogP contribution in [-0.2, 0) is 6.42 Å². The first kappa shape index (κ1) is 9.37. The van der Waals surface area contributed by atoms with Crippen LogP contribution < -0.4 is 5.73 Å². The van der Waals surface area contributed by atoms with Gasteiger partial charge in [-0.3, -0.25) is 0 Å². The van der Waals surface area contributed by atoms with Gasteiger partial charge in [-0.2, -0.15) is 0 Å². The summed E-state index contributed by atoms with van der Waals surface area (Å²) in [6.45, 7) is 1.66. The summed E-state index contributed by atoms with van der Waals surface area (Å²) >= 11 is 1.61. The van der Waals surface area contributed by atoms with Gasteiger partial charge < -0.3 is 5.73 Å². The van der Waals surface area contributed by atoms with Gasteiger partial charge in [-0.1, -0.05) is 24.3 Å². The molecular weight excluding hydrogens is 192 g/mol. The number of hydrogen-bond acceptors (Lipinski definition) is 3. The second-order valence-electron chi connectivity index (χ2n) is 3.01. The average molecular weight is 203 g/mol. The Bertz CT molecular complexity index is 378. The van der Waals surface area contributed by atoms with Crippen molar-refractivity contribution in [3.63, 3.8) is 0 Å². The van der Waals surface area contributed by atoms with Crippen molar-refractivity contribution in [1.82, 2.24) is 4.98 Å². The summed E-state index contributed by atoms with van der Waals surface area (Å²) in [5.41, 5.74) is 10.6. The summed E-state index contributed by atoms with van der Waals surface area (Å²) in [6, 6.07) is 8.32. The van der Waals surface area contributed by atoms with Gasteiger partial charge in [-0.25, -0.2) is 4.98 Å². The van der Waals surface area contributed by atoms with Crippen LogP contribution in [0.4, 0.5) is 0 Å². The largest absolute Gasteiger partial charge is 0.326 e. The fourth-order valence-corrected chi connectivity index (χ4v) is 1.86. The Morgan fingerprint density at radius 3 is 2.64 bits per heavy atom. The van der Waals surface area contributed by atoms with Gasteiger partial charge in [0.25, 0.3) is 0 Å². The van der Waals surface area contributed by atoms with E-state index in [1.807, 2.05) is 10.9 Å². The SMILES string of the molecule is N[CH]Cc1ccc(-c2cscn2)cc1. The molecule has 0 fully saturated rings. The minimum Gasteiger partial charge on any atom is -0.326 e. The number of aromatic nitrogens is 1. The summed E-state index contributed by atoms with van der Waals surface area (Å²) in [6.07, 6.45) is 0.817. The minimum absolute atomic E-state index is 0.817. The van der Waals surface area contributed by atoms with E-state index in [2.05, 4.69) is 29.2 Å². The molecule has 1 aromatic heterocycles. The van der Waals surface area contributed by atoms with E-state index >= 15 is 0 Å². The molecule has 0 spiro atoms. The van der Waals surface area contributed by atoms with Crippen LogP contribution in [0.2, 0.25) is 0 Å². The van der Waals surface area contributed by atoms with Crippen LogP contribution >= 0.6 is 11.3 Å². The van der Waals surface area contributed by atoms with Crippen molar-refractivity contribution in [3.8, 4) is 11.3 Å². The molecule has 0 aliphatic heterocycles. The zero-order chi connectivity index (χ0) is 9.80. The zero-order valence-electron chi connectivity index (χ0n) is 7.68. The fourth-order valence-electron chi connectivity index (χ4n) is 1.30. The molecule has 0 saturated heterocycles. The van der Waals surface area contributed by atoms with Crippen molar-refractivity contribution in [3.05, 3.63) is 47.3 Å². The molecule has 0 amide bonds. The molecule has 1 radical (unpaired) electrons. The van der Waals surface area contributed by atoms with Gasteiger partial charge >= 0.3 is 0 Å². The van der Waals surface area contributed by atoms with E-state index in [0.29, 0.717) is 0 Å². The van der Waals surface area contributed by atoms with Gasteiger partial charge in [0.1, 0.15) is 0 Å². The Morgan fingerprint density at radius 1 is 1.29 bits per heavy atom. The van der Waals surface area contributed by atoms with Gasteiger partial charge in [0.15, 0.2) is 0 Å². The molecule has 0 aliphatic carbocycles. The number of rotatable bonds is 3. The Labute approximate surface area is 87.4 Å². The summed E-state index contributed by atoms with van der Waals surface area (Å²) < 4.78 is 0. The highest BCUT2D eigenvalue weighted by molar-refractivity contribution is 7.07. The summed E-state index contributed by atoms with van der Waals surface area (Å²) in [4.78, 5) is 4.25. The Kier molecular flexibility index (Phi) is 2.91. The second kappa shape index (κ2) is 4.35. The van der Waals surface area contributed by atoms with Crippen LogP contribution in [0.1, 0.15) is 5.56 Å². The van der Waals surface area contributed by atoms with Crippen LogP contribution in [0.25, 0.3) is 11.3 Å². The number of hydrogen-bond donors (Lipinski definition) is 1. The van der Waals surface area contributed by atoms with Crippen LogP contribution in [0.3, 0.4) is 0 Å². The third-order valence-corrected chi connectivity index (χ3v) is 2.62. The highest BCUT2D eigenvalue weighted by atomic mass is 32.1. The fraction of sp³-hybridized carbons (Fsp3) is 0.0909. The summed E-state index contributed by atoms with van der Waals surface area (Å²) in [5.74, 6) is 0. The lowest BCUT2D eigenvalue weighted by Gasteiger charge is -1.99. The lowest BCUT2D eigenvalue weighted by Crippen LogP contribution is -1.94. The summed E-state index contributed by atoms with van der Waals surface area (Å²) in [7, 11) is 0. The van der Waals surface area contributed by atoms with Crippen LogP contribution in [0, 0.1) is 6.54 Å². The van der Waals surface area contributed by atoms with Crippen LogP contribution in [0.5, 0.6) is 0 Å². The molecule has 0 bridgehead atoms. The quantitative estimate of drug-likeness (QED) is 0.832. The van der Waals surface area contributed by atoms with E-state index in [-0.39, 0.29) is 0 Å². The lowest BCUT2D eigenvalue weighted by atomic mass is 10.1.